The summed E-state index contributed by atoms with van der Waals surface area (Å²) in [7, 11) is 0. The van der Waals surface area contributed by atoms with E-state index in [0.717, 1.165) is 19.4 Å². The molecule has 19 heavy (non-hydrogen) atoms. The molecule has 4 heteroatoms. The lowest BCUT2D eigenvalue weighted by atomic mass is 10.1. The number of pyridine rings is 1. The largest absolute Gasteiger partial charge is 0.503 e. The van der Waals surface area contributed by atoms with Crippen molar-refractivity contribution in [3.05, 3.63) is 64.1 Å². The van der Waals surface area contributed by atoms with Crippen LogP contribution in [0.1, 0.15) is 17.7 Å². The van der Waals surface area contributed by atoms with Gasteiger partial charge in [-0.1, -0.05) is 30.3 Å². The van der Waals surface area contributed by atoms with E-state index in [1.165, 1.54) is 11.6 Å². The standard InChI is InChI=1S/C15H17NO2.ClH/c1-12-15(18)14(17)9-11-16(12)10-5-8-13-6-3-2-4-7-13;/h2-4,6-7,9,11,18H,5,8,10H2,1H3;1H. The molecule has 1 aromatic carbocycles. The van der Waals surface area contributed by atoms with E-state index in [2.05, 4.69) is 12.1 Å². The quantitative estimate of drug-likeness (QED) is 0.935. The first-order chi connectivity index (χ1) is 8.68. The Hall–Kier alpha value is -1.74. The van der Waals surface area contributed by atoms with Crippen molar-refractivity contribution in [1.82, 2.24) is 4.57 Å². The minimum absolute atomic E-state index is 0. The fourth-order valence-corrected chi connectivity index (χ4v) is 2.00. The summed E-state index contributed by atoms with van der Waals surface area (Å²) in [5, 5.41) is 9.57. The Labute approximate surface area is 118 Å². The lowest BCUT2D eigenvalue weighted by Crippen LogP contribution is -2.10. The van der Waals surface area contributed by atoms with E-state index >= 15 is 0 Å². The van der Waals surface area contributed by atoms with Crippen LogP contribution in [0.15, 0.2) is 47.4 Å². The van der Waals surface area contributed by atoms with E-state index in [1.54, 1.807) is 13.1 Å². The van der Waals surface area contributed by atoms with E-state index in [-0.39, 0.29) is 23.6 Å². The van der Waals surface area contributed by atoms with Gasteiger partial charge in [0.15, 0.2) is 5.75 Å². The van der Waals surface area contributed by atoms with Crippen LogP contribution in [0, 0.1) is 6.92 Å². The summed E-state index contributed by atoms with van der Waals surface area (Å²) in [6, 6.07) is 11.7. The highest BCUT2D eigenvalue weighted by Crippen LogP contribution is 2.11. The van der Waals surface area contributed by atoms with Gasteiger partial charge < -0.3 is 9.67 Å². The molecule has 0 unspecified atom stereocenters. The number of halogens is 1. The van der Waals surface area contributed by atoms with Crippen LogP contribution in [0.3, 0.4) is 0 Å². The molecule has 1 N–H and O–H groups in total. The van der Waals surface area contributed by atoms with Gasteiger partial charge in [0.05, 0.1) is 5.69 Å². The Kier molecular flexibility index (Phi) is 5.64. The SMILES string of the molecule is Cc1c(O)c(=O)ccn1CCCc1ccccc1.Cl. The number of aryl methyl sites for hydroxylation is 2. The molecule has 0 spiro atoms. The Balaban J connectivity index is 0.00000180. The van der Waals surface area contributed by atoms with Gasteiger partial charge in [0.25, 0.3) is 0 Å². The van der Waals surface area contributed by atoms with Gasteiger partial charge in [-0.25, -0.2) is 0 Å². The predicted octanol–water partition coefficient (Wildman–Crippen LogP) is 2.92. The normalized spacial score (nSPS) is 9.95. The molecule has 0 atom stereocenters. The molecular formula is C15H18ClNO2. The molecule has 0 saturated heterocycles. The first kappa shape index (κ1) is 15.3. The molecule has 0 saturated carbocycles. The average Bonchev–Trinajstić information content (AvgIpc) is 2.40. The van der Waals surface area contributed by atoms with Crippen LogP contribution in [0.25, 0.3) is 0 Å². The molecule has 3 nitrogen and oxygen atoms in total. The van der Waals surface area contributed by atoms with Crippen LogP contribution in [-0.4, -0.2) is 9.67 Å². The van der Waals surface area contributed by atoms with E-state index in [4.69, 9.17) is 0 Å². The first-order valence-electron chi connectivity index (χ1n) is 6.11. The fraction of sp³-hybridized carbons (Fsp3) is 0.267. The molecule has 102 valence electrons. The molecule has 2 aromatic rings. The highest BCUT2D eigenvalue weighted by Gasteiger charge is 2.04. The van der Waals surface area contributed by atoms with Crippen molar-refractivity contribution < 1.29 is 5.11 Å². The van der Waals surface area contributed by atoms with Gasteiger partial charge >= 0.3 is 0 Å². The molecule has 0 aliphatic rings. The number of nitrogens with zero attached hydrogens (tertiary/aromatic N) is 1. The second kappa shape index (κ2) is 7.00. The molecule has 0 aliphatic carbocycles. The van der Waals surface area contributed by atoms with Crippen molar-refractivity contribution in [2.45, 2.75) is 26.3 Å². The van der Waals surface area contributed by atoms with Crippen LogP contribution in [0.4, 0.5) is 0 Å². The van der Waals surface area contributed by atoms with E-state index < -0.39 is 0 Å². The highest BCUT2D eigenvalue weighted by molar-refractivity contribution is 5.85. The zero-order chi connectivity index (χ0) is 13.0. The minimum Gasteiger partial charge on any atom is -0.503 e. The van der Waals surface area contributed by atoms with Crippen molar-refractivity contribution in [3.8, 4) is 5.75 Å². The smallest absolute Gasteiger partial charge is 0.223 e. The summed E-state index contributed by atoms with van der Waals surface area (Å²) in [6.07, 6.45) is 3.71. The molecule has 2 rings (SSSR count). The highest BCUT2D eigenvalue weighted by atomic mass is 35.5. The van der Waals surface area contributed by atoms with Gasteiger partial charge in [-0.15, -0.1) is 12.4 Å². The number of rotatable bonds is 4. The molecule has 0 amide bonds. The average molecular weight is 280 g/mol. The Morgan fingerprint density at radius 1 is 1.16 bits per heavy atom. The third-order valence-corrected chi connectivity index (χ3v) is 3.12. The third kappa shape index (κ3) is 3.86. The Bertz CT molecular complexity index is 578. The van der Waals surface area contributed by atoms with Gasteiger partial charge in [-0.05, 0) is 25.3 Å². The van der Waals surface area contributed by atoms with Crippen LogP contribution < -0.4 is 5.43 Å². The topological polar surface area (TPSA) is 42.2 Å². The van der Waals surface area contributed by atoms with Gasteiger partial charge in [0.1, 0.15) is 0 Å². The molecule has 1 aromatic heterocycles. The van der Waals surface area contributed by atoms with E-state index in [9.17, 15) is 9.90 Å². The Morgan fingerprint density at radius 3 is 2.53 bits per heavy atom. The van der Waals surface area contributed by atoms with E-state index in [0.29, 0.717) is 5.69 Å². The third-order valence-electron chi connectivity index (χ3n) is 3.12. The van der Waals surface area contributed by atoms with Crippen molar-refractivity contribution >= 4 is 12.4 Å². The lowest BCUT2D eigenvalue weighted by Gasteiger charge is -2.11. The van der Waals surface area contributed by atoms with Crippen LogP contribution in [0.5, 0.6) is 5.75 Å². The second-order valence-corrected chi connectivity index (χ2v) is 4.40. The molecule has 0 aliphatic heterocycles. The lowest BCUT2D eigenvalue weighted by molar-refractivity contribution is 0.451. The van der Waals surface area contributed by atoms with Crippen molar-refractivity contribution in [2.24, 2.45) is 0 Å². The summed E-state index contributed by atoms with van der Waals surface area (Å²) in [4.78, 5) is 11.2. The second-order valence-electron chi connectivity index (χ2n) is 4.40. The van der Waals surface area contributed by atoms with Crippen LogP contribution >= 0.6 is 12.4 Å². The van der Waals surface area contributed by atoms with Crippen LogP contribution in [-0.2, 0) is 13.0 Å². The molecular weight excluding hydrogens is 262 g/mol. The predicted molar refractivity (Wildman–Crippen MR) is 79.1 cm³/mol. The van der Waals surface area contributed by atoms with Crippen LogP contribution in [0.2, 0.25) is 0 Å². The number of benzene rings is 1. The number of aromatic nitrogens is 1. The van der Waals surface area contributed by atoms with Gasteiger partial charge in [-0.2, -0.15) is 0 Å². The van der Waals surface area contributed by atoms with E-state index in [1.807, 2.05) is 22.8 Å². The summed E-state index contributed by atoms with van der Waals surface area (Å²) in [6.45, 7) is 2.56. The molecule has 0 bridgehead atoms. The minimum atomic E-state index is -0.313. The summed E-state index contributed by atoms with van der Waals surface area (Å²) in [5.74, 6) is -0.141. The molecule has 0 radical (unpaired) electrons. The van der Waals surface area contributed by atoms with Crippen molar-refractivity contribution in [3.63, 3.8) is 0 Å². The maximum Gasteiger partial charge on any atom is 0.223 e. The summed E-state index contributed by atoms with van der Waals surface area (Å²) in [5.41, 5.74) is 1.63. The number of hydrogen-bond acceptors (Lipinski definition) is 2. The monoisotopic (exact) mass is 279 g/mol. The van der Waals surface area contributed by atoms with Crippen molar-refractivity contribution in [1.29, 1.82) is 0 Å². The van der Waals surface area contributed by atoms with Gasteiger partial charge in [0, 0.05) is 18.8 Å². The maximum atomic E-state index is 11.2. The number of hydrogen-bond donors (Lipinski definition) is 1. The van der Waals surface area contributed by atoms with Gasteiger partial charge in [0.2, 0.25) is 5.43 Å². The van der Waals surface area contributed by atoms with Crippen molar-refractivity contribution in [2.75, 3.05) is 0 Å². The zero-order valence-corrected chi connectivity index (χ0v) is 11.7. The molecule has 1 heterocycles. The number of aromatic hydroxyl groups is 1. The summed E-state index contributed by atoms with van der Waals surface area (Å²) >= 11 is 0. The zero-order valence-electron chi connectivity index (χ0n) is 10.9. The fourth-order valence-electron chi connectivity index (χ4n) is 2.00. The molecule has 0 fully saturated rings. The maximum absolute atomic E-state index is 11.2. The Morgan fingerprint density at radius 2 is 1.84 bits per heavy atom. The first-order valence-corrected chi connectivity index (χ1v) is 6.11. The van der Waals surface area contributed by atoms with Gasteiger partial charge in [-0.3, -0.25) is 4.79 Å². The summed E-state index contributed by atoms with van der Waals surface area (Å²) < 4.78 is 1.92.